The van der Waals surface area contributed by atoms with Crippen molar-refractivity contribution in [1.82, 2.24) is 9.38 Å². The summed E-state index contributed by atoms with van der Waals surface area (Å²) in [6.07, 6.45) is 2.16. The first kappa shape index (κ1) is 9.71. The Bertz CT molecular complexity index is 471. The van der Waals surface area contributed by atoms with Crippen LogP contribution in [0.2, 0.25) is 0 Å². The van der Waals surface area contributed by atoms with E-state index in [1.807, 2.05) is 0 Å². The molecule has 0 N–H and O–H groups in total. The van der Waals surface area contributed by atoms with Gasteiger partial charge >= 0.3 is 0 Å². The Morgan fingerprint density at radius 2 is 1.93 bits per heavy atom. The van der Waals surface area contributed by atoms with E-state index in [-0.39, 0.29) is 5.41 Å². The minimum Gasteiger partial charge on any atom is -0.294 e. The van der Waals surface area contributed by atoms with Crippen molar-refractivity contribution in [2.45, 2.75) is 40.0 Å². The van der Waals surface area contributed by atoms with Gasteiger partial charge < -0.3 is 0 Å². The third-order valence-corrected chi connectivity index (χ3v) is 3.63. The van der Waals surface area contributed by atoms with Gasteiger partial charge in [0, 0.05) is 22.2 Å². The summed E-state index contributed by atoms with van der Waals surface area (Å²) in [5, 5.41) is 0. The molecule has 2 nitrogen and oxygen atoms in total. The van der Waals surface area contributed by atoms with Crippen LogP contribution < -0.4 is 0 Å². The predicted molar refractivity (Wildman–Crippen MR) is 61.2 cm³/mol. The normalized spacial score (nSPS) is 12.6. The summed E-state index contributed by atoms with van der Waals surface area (Å²) in [7, 11) is 0. The first-order chi connectivity index (χ1) is 6.39. The Morgan fingerprint density at radius 3 is 2.43 bits per heavy atom. The van der Waals surface area contributed by atoms with Crippen LogP contribution in [0, 0.1) is 13.8 Å². The lowest BCUT2D eigenvalue weighted by Gasteiger charge is -2.13. The van der Waals surface area contributed by atoms with Crippen LogP contribution in [0.25, 0.3) is 4.96 Å². The fourth-order valence-electron chi connectivity index (χ4n) is 1.42. The van der Waals surface area contributed by atoms with Crippen molar-refractivity contribution in [3.05, 3.63) is 22.5 Å². The van der Waals surface area contributed by atoms with Gasteiger partial charge in [-0.3, -0.25) is 4.40 Å². The summed E-state index contributed by atoms with van der Waals surface area (Å²) in [5.41, 5.74) is 2.63. The highest BCUT2D eigenvalue weighted by atomic mass is 32.1. The van der Waals surface area contributed by atoms with E-state index in [1.54, 1.807) is 11.3 Å². The summed E-state index contributed by atoms with van der Waals surface area (Å²) >= 11 is 1.77. The van der Waals surface area contributed by atoms with Crippen molar-refractivity contribution >= 4 is 16.3 Å². The number of nitrogens with zero attached hydrogens (tertiary/aromatic N) is 2. The van der Waals surface area contributed by atoms with Crippen LogP contribution in [-0.2, 0) is 5.41 Å². The molecule has 2 aromatic rings. The first-order valence-electron chi connectivity index (χ1n) is 4.85. The van der Waals surface area contributed by atoms with Crippen LogP contribution in [0.4, 0.5) is 0 Å². The quantitative estimate of drug-likeness (QED) is 0.649. The molecule has 0 saturated carbocycles. The van der Waals surface area contributed by atoms with E-state index in [2.05, 4.69) is 50.2 Å². The Balaban J connectivity index is 2.65. The fourth-order valence-corrected chi connectivity index (χ4v) is 2.37. The molecule has 0 fully saturated rings. The summed E-state index contributed by atoms with van der Waals surface area (Å²) in [6, 6.07) is 0. The highest BCUT2D eigenvalue weighted by Crippen LogP contribution is 2.27. The van der Waals surface area contributed by atoms with Crippen LogP contribution in [0.5, 0.6) is 0 Å². The van der Waals surface area contributed by atoms with E-state index < -0.39 is 0 Å². The number of thiazole rings is 1. The fraction of sp³-hybridized carbons (Fsp3) is 0.545. The number of hydrogen-bond donors (Lipinski definition) is 0. The largest absolute Gasteiger partial charge is 0.294 e. The van der Waals surface area contributed by atoms with Crippen LogP contribution in [0.3, 0.4) is 0 Å². The molecule has 0 aliphatic rings. The van der Waals surface area contributed by atoms with Crippen LogP contribution in [0.1, 0.15) is 37.0 Å². The van der Waals surface area contributed by atoms with E-state index in [4.69, 9.17) is 0 Å². The van der Waals surface area contributed by atoms with Crippen molar-refractivity contribution < 1.29 is 0 Å². The summed E-state index contributed by atoms with van der Waals surface area (Å²) in [6.45, 7) is 10.9. The lowest BCUT2D eigenvalue weighted by atomic mass is 9.93. The minimum atomic E-state index is 0.145. The molecule has 2 heterocycles. The number of hydrogen-bond acceptors (Lipinski definition) is 2. The average Bonchev–Trinajstić information content (AvgIpc) is 2.54. The van der Waals surface area contributed by atoms with Gasteiger partial charge in [0.05, 0.1) is 5.69 Å². The molecular weight excluding hydrogens is 192 g/mol. The molecule has 2 rings (SSSR count). The Kier molecular flexibility index (Phi) is 1.96. The molecule has 0 bridgehead atoms. The second-order valence-corrected chi connectivity index (χ2v) is 5.95. The molecule has 2 aromatic heterocycles. The highest BCUT2D eigenvalue weighted by Gasteiger charge is 2.19. The Morgan fingerprint density at radius 1 is 1.29 bits per heavy atom. The molecular formula is C11H16N2S. The molecule has 76 valence electrons. The molecule has 3 heteroatoms. The Hall–Kier alpha value is -0.830. The summed E-state index contributed by atoms with van der Waals surface area (Å²) in [4.78, 5) is 7.12. The Labute approximate surface area is 88.6 Å². The lowest BCUT2D eigenvalue weighted by Crippen LogP contribution is -2.11. The molecule has 0 saturated heterocycles. The van der Waals surface area contributed by atoms with E-state index >= 15 is 0 Å². The maximum absolute atomic E-state index is 4.65. The second-order valence-electron chi connectivity index (χ2n) is 4.77. The van der Waals surface area contributed by atoms with Gasteiger partial charge in [-0.1, -0.05) is 20.8 Å². The third-order valence-electron chi connectivity index (χ3n) is 2.56. The van der Waals surface area contributed by atoms with Crippen molar-refractivity contribution in [2.75, 3.05) is 0 Å². The molecule has 0 atom stereocenters. The number of imidazole rings is 1. The topological polar surface area (TPSA) is 17.3 Å². The maximum atomic E-state index is 4.65. The van der Waals surface area contributed by atoms with Gasteiger partial charge in [0.2, 0.25) is 0 Å². The molecule has 0 unspecified atom stereocenters. The zero-order valence-electron chi connectivity index (χ0n) is 9.38. The van der Waals surface area contributed by atoms with Crippen molar-refractivity contribution in [3.8, 4) is 0 Å². The third kappa shape index (κ3) is 1.36. The molecule has 0 aliphatic carbocycles. The standard InChI is InChI=1S/C11H16N2S/c1-7-8(2)14-10-12-9(6-13(7)10)11(3,4)5/h6H,1-5H3. The summed E-state index contributed by atoms with van der Waals surface area (Å²) < 4.78 is 2.20. The second kappa shape index (κ2) is 2.83. The number of rotatable bonds is 0. The molecule has 0 aliphatic heterocycles. The van der Waals surface area contributed by atoms with Gasteiger partial charge in [0.25, 0.3) is 0 Å². The summed E-state index contributed by atoms with van der Waals surface area (Å²) in [5.74, 6) is 0. The molecule has 0 radical (unpaired) electrons. The van der Waals surface area contributed by atoms with Gasteiger partial charge in [-0.2, -0.15) is 0 Å². The monoisotopic (exact) mass is 208 g/mol. The zero-order valence-corrected chi connectivity index (χ0v) is 10.2. The predicted octanol–water partition coefficient (Wildman–Crippen LogP) is 3.31. The van der Waals surface area contributed by atoms with E-state index in [1.165, 1.54) is 16.3 Å². The molecule has 0 spiro atoms. The van der Waals surface area contributed by atoms with Gasteiger partial charge in [-0.25, -0.2) is 4.98 Å². The first-order valence-corrected chi connectivity index (χ1v) is 5.67. The number of fused-ring (bicyclic) bond motifs is 1. The van der Waals surface area contributed by atoms with Gasteiger partial charge in [-0.05, 0) is 13.8 Å². The van der Waals surface area contributed by atoms with Crippen LogP contribution in [0.15, 0.2) is 6.20 Å². The van der Waals surface area contributed by atoms with E-state index in [0.29, 0.717) is 0 Å². The molecule has 14 heavy (non-hydrogen) atoms. The van der Waals surface area contributed by atoms with Gasteiger partial charge in [-0.15, -0.1) is 11.3 Å². The minimum absolute atomic E-state index is 0.145. The smallest absolute Gasteiger partial charge is 0.194 e. The van der Waals surface area contributed by atoms with E-state index in [0.717, 1.165) is 4.96 Å². The number of aromatic nitrogens is 2. The highest BCUT2D eigenvalue weighted by molar-refractivity contribution is 7.17. The molecule has 0 aromatic carbocycles. The lowest BCUT2D eigenvalue weighted by molar-refractivity contribution is 0.573. The van der Waals surface area contributed by atoms with E-state index in [9.17, 15) is 0 Å². The van der Waals surface area contributed by atoms with Crippen molar-refractivity contribution in [1.29, 1.82) is 0 Å². The maximum Gasteiger partial charge on any atom is 0.194 e. The zero-order chi connectivity index (χ0) is 10.5. The van der Waals surface area contributed by atoms with Gasteiger partial charge in [0.1, 0.15) is 0 Å². The average molecular weight is 208 g/mol. The SMILES string of the molecule is Cc1sc2nc(C(C)(C)C)cn2c1C. The van der Waals surface area contributed by atoms with Gasteiger partial charge in [0.15, 0.2) is 4.96 Å². The van der Waals surface area contributed by atoms with Crippen LogP contribution >= 0.6 is 11.3 Å². The van der Waals surface area contributed by atoms with Crippen molar-refractivity contribution in [3.63, 3.8) is 0 Å². The van der Waals surface area contributed by atoms with Crippen molar-refractivity contribution in [2.24, 2.45) is 0 Å². The number of aryl methyl sites for hydroxylation is 2. The molecule has 0 amide bonds. The van der Waals surface area contributed by atoms with Crippen LogP contribution in [-0.4, -0.2) is 9.38 Å².